The van der Waals surface area contributed by atoms with Gasteiger partial charge in [-0.25, -0.2) is 0 Å². The van der Waals surface area contributed by atoms with Crippen molar-refractivity contribution >= 4 is 22.6 Å². The number of amidine groups is 1. The molecule has 0 atom stereocenters. The summed E-state index contributed by atoms with van der Waals surface area (Å²) in [6.45, 7) is 2.83. The van der Waals surface area contributed by atoms with Gasteiger partial charge in [-0.3, -0.25) is 10.2 Å². The number of carbonyl (C=O) groups excluding carboxylic acids is 1. The van der Waals surface area contributed by atoms with Crippen molar-refractivity contribution in [2.24, 2.45) is 5.73 Å². The quantitative estimate of drug-likeness (QED) is 0.376. The van der Waals surface area contributed by atoms with Crippen molar-refractivity contribution in [1.29, 1.82) is 5.41 Å². The number of nitrogens with one attached hydrogen (secondary N) is 3. The molecule has 1 fully saturated rings. The normalized spacial score (nSPS) is 15.4. The molecule has 156 valence electrons. The predicted molar refractivity (Wildman–Crippen MR) is 121 cm³/mol. The molecular weight excluding hydrogens is 374 g/mol. The van der Waals surface area contributed by atoms with Gasteiger partial charge in [0.25, 0.3) is 5.91 Å². The molecule has 4 rings (SSSR count). The number of benzene rings is 2. The molecule has 2 aromatic carbocycles. The van der Waals surface area contributed by atoms with Gasteiger partial charge in [0.2, 0.25) is 0 Å². The molecule has 30 heavy (non-hydrogen) atoms. The summed E-state index contributed by atoms with van der Waals surface area (Å²) in [7, 11) is 2.17. The minimum Gasteiger partial charge on any atom is -0.384 e. The van der Waals surface area contributed by atoms with E-state index >= 15 is 0 Å². The van der Waals surface area contributed by atoms with Crippen LogP contribution in [0.15, 0.2) is 48.7 Å². The topological polar surface area (TPSA) is 98.0 Å². The summed E-state index contributed by atoms with van der Waals surface area (Å²) in [6, 6.07) is 14.1. The van der Waals surface area contributed by atoms with E-state index < -0.39 is 0 Å². The van der Waals surface area contributed by atoms with Gasteiger partial charge in [0.05, 0.1) is 0 Å². The van der Waals surface area contributed by atoms with Gasteiger partial charge in [-0.2, -0.15) is 0 Å². The lowest BCUT2D eigenvalue weighted by Gasteiger charge is -2.29. The molecule has 6 nitrogen and oxygen atoms in total. The summed E-state index contributed by atoms with van der Waals surface area (Å²) >= 11 is 0. The molecular formula is C24H29N5O. The molecule has 0 bridgehead atoms. The number of nitrogens with zero attached hydrogens (tertiary/aromatic N) is 1. The van der Waals surface area contributed by atoms with E-state index in [-0.39, 0.29) is 11.7 Å². The highest BCUT2D eigenvalue weighted by molar-refractivity contribution is 6.07. The fraction of sp³-hybridized carbons (Fsp3) is 0.333. The Bertz CT molecular complexity index is 1050. The standard InChI is InChI=1S/C24H29N5O/c1-29-12-9-18(10-13-29)17-3-5-19(6-4-17)24(30)27-11-8-16-2-7-22-20(14-16)21(15-28-22)23(25)26/h2-7,14-15,18,28H,8-13H2,1H3,(H3,25,26)(H,27,30). The van der Waals surface area contributed by atoms with E-state index in [9.17, 15) is 4.79 Å². The Morgan fingerprint density at radius 1 is 1.20 bits per heavy atom. The van der Waals surface area contributed by atoms with Crippen LogP contribution in [0.3, 0.4) is 0 Å². The number of nitrogen functional groups attached to an aromatic ring is 1. The van der Waals surface area contributed by atoms with Crippen LogP contribution in [0.5, 0.6) is 0 Å². The Kier molecular flexibility index (Phi) is 5.86. The van der Waals surface area contributed by atoms with Crippen LogP contribution >= 0.6 is 0 Å². The fourth-order valence-electron chi connectivity index (χ4n) is 4.22. The number of aromatic amines is 1. The van der Waals surface area contributed by atoms with Gasteiger partial charge in [-0.05, 0) is 80.7 Å². The van der Waals surface area contributed by atoms with Crippen molar-refractivity contribution in [3.63, 3.8) is 0 Å². The first-order valence-electron chi connectivity index (χ1n) is 10.5. The highest BCUT2D eigenvalue weighted by Gasteiger charge is 2.18. The Morgan fingerprint density at radius 3 is 2.63 bits per heavy atom. The second-order valence-electron chi connectivity index (χ2n) is 8.20. The van der Waals surface area contributed by atoms with Crippen LogP contribution in [0.25, 0.3) is 10.9 Å². The predicted octanol–water partition coefficient (Wildman–Crippen LogP) is 3.23. The second-order valence-corrected chi connectivity index (χ2v) is 8.20. The summed E-state index contributed by atoms with van der Waals surface area (Å²) < 4.78 is 0. The number of hydrogen-bond acceptors (Lipinski definition) is 3. The summed E-state index contributed by atoms with van der Waals surface area (Å²) in [6.07, 6.45) is 4.84. The van der Waals surface area contributed by atoms with E-state index in [1.807, 2.05) is 30.3 Å². The van der Waals surface area contributed by atoms with Crippen LogP contribution in [0.4, 0.5) is 0 Å². The van der Waals surface area contributed by atoms with Crippen LogP contribution in [-0.4, -0.2) is 48.3 Å². The van der Waals surface area contributed by atoms with Crippen LogP contribution in [0, 0.1) is 5.41 Å². The molecule has 1 aliphatic rings. The third-order valence-electron chi connectivity index (χ3n) is 6.10. The molecule has 1 aliphatic heterocycles. The number of fused-ring (bicyclic) bond motifs is 1. The van der Waals surface area contributed by atoms with E-state index in [0.717, 1.165) is 36.0 Å². The molecule has 1 amide bonds. The monoisotopic (exact) mass is 403 g/mol. The average Bonchev–Trinajstić information content (AvgIpc) is 3.18. The summed E-state index contributed by atoms with van der Waals surface area (Å²) in [5, 5.41) is 11.6. The van der Waals surface area contributed by atoms with Crippen molar-refractivity contribution in [1.82, 2.24) is 15.2 Å². The van der Waals surface area contributed by atoms with Crippen LogP contribution < -0.4 is 11.1 Å². The van der Waals surface area contributed by atoms with E-state index in [1.165, 1.54) is 18.4 Å². The Labute approximate surface area is 177 Å². The zero-order valence-electron chi connectivity index (χ0n) is 17.4. The van der Waals surface area contributed by atoms with Crippen LogP contribution in [0.2, 0.25) is 0 Å². The van der Waals surface area contributed by atoms with E-state index in [0.29, 0.717) is 23.6 Å². The van der Waals surface area contributed by atoms with Gasteiger partial charge >= 0.3 is 0 Å². The maximum absolute atomic E-state index is 12.5. The Morgan fingerprint density at radius 2 is 1.93 bits per heavy atom. The number of carbonyl (C=O) groups is 1. The highest BCUT2D eigenvalue weighted by Crippen LogP contribution is 2.27. The SMILES string of the molecule is CN1CCC(c2ccc(C(=O)NCCc3ccc4[nH]cc(C(=N)N)c4c3)cc2)CC1. The lowest BCUT2D eigenvalue weighted by Crippen LogP contribution is -2.29. The molecule has 5 N–H and O–H groups in total. The largest absolute Gasteiger partial charge is 0.384 e. The maximum Gasteiger partial charge on any atom is 0.251 e. The molecule has 6 heteroatoms. The number of amides is 1. The second kappa shape index (κ2) is 8.71. The van der Waals surface area contributed by atoms with Gasteiger partial charge in [0.15, 0.2) is 0 Å². The third kappa shape index (κ3) is 4.39. The lowest BCUT2D eigenvalue weighted by atomic mass is 9.89. The highest BCUT2D eigenvalue weighted by atomic mass is 16.1. The number of hydrogen-bond donors (Lipinski definition) is 4. The number of nitrogens with two attached hydrogens (primary N) is 1. The van der Waals surface area contributed by atoms with Crippen molar-refractivity contribution in [3.05, 3.63) is 70.9 Å². The summed E-state index contributed by atoms with van der Waals surface area (Å²) in [5.74, 6) is 0.606. The van der Waals surface area contributed by atoms with Crippen molar-refractivity contribution < 1.29 is 4.79 Å². The van der Waals surface area contributed by atoms with E-state index in [1.54, 1.807) is 6.20 Å². The molecule has 1 aromatic heterocycles. The third-order valence-corrected chi connectivity index (χ3v) is 6.10. The van der Waals surface area contributed by atoms with Crippen LogP contribution in [-0.2, 0) is 6.42 Å². The molecule has 0 radical (unpaired) electrons. The van der Waals surface area contributed by atoms with Crippen LogP contribution in [0.1, 0.15) is 45.8 Å². The number of H-pyrrole nitrogens is 1. The van der Waals surface area contributed by atoms with Gasteiger partial charge in [0.1, 0.15) is 5.84 Å². The number of likely N-dealkylation sites (tertiary alicyclic amines) is 1. The molecule has 0 unspecified atom stereocenters. The Balaban J connectivity index is 1.33. The minimum atomic E-state index is -0.0444. The van der Waals surface area contributed by atoms with Gasteiger partial charge < -0.3 is 20.9 Å². The van der Waals surface area contributed by atoms with Gasteiger partial charge in [-0.15, -0.1) is 0 Å². The molecule has 2 heterocycles. The smallest absolute Gasteiger partial charge is 0.251 e. The molecule has 0 spiro atoms. The number of rotatable bonds is 6. The van der Waals surface area contributed by atoms with E-state index in [4.69, 9.17) is 11.1 Å². The number of piperidine rings is 1. The number of aromatic nitrogens is 1. The molecule has 1 saturated heterocycles. The molecule has 0 saturated carbocycles. The first-order valence-corrected chi connectivity index (χ1v) is 10.5. The summed E-state index contributed by atoms with van der Waals surface area (Å²) in [5.41, 5.74) is 10.4. The van der Waals surface area contributed by atoms with Crippen molar-refractivity contribution in [3.8, 4) is 0 Å². The van der Waals surface area contributed by atoms with Gasteiger partial charge in [-0.1, -0.05) is 18.2 Å². The fourth-order valence-corrected chi connectivity index (χ4v) is 4.22. The Hall–Kier alpha value is -3.12. The zero-order valence-corrected chi connectivity index (χ0v) is 17.4. The zero-order chi connectivity index (χ0) is 21.1. The van der Waals surface area contributed by atoms with Crippen molar-refractivity contribution in [2.75, 3.05) is 26.7 Å². The minimum absolute atomic E-state index is 0.0444. The molecule has 3 aromatic rings. The van der Waals surface area contributed by atoms with Gasteiger partial charge in [0, 0.05) is 34.8 Å². The van der Waals surface area contributed by atoms with E-state index in [2.05, 4.69) is 34.4 Å². The first-order chi connectivity index (χ1) is 14.5. The first kappa shape index (κ1) is 20.2. The lowest BCUT2D eigenvalue weighted by molar-refractivity contribution is 0.0954. The molecule has 0 aliphatic carbocycles. The maximum atomic E-state index is 12.5. The van der Waals surface area contributed by atoms with Crippen molar-refractivity contribution in [2.45, 2.75) is 25.2 Å². The summed E-state index contributed by atoms with van der Waals surface area (Å²) in [4.78, 5) is 18.0. The average molecular weight is 404 g/mol.